The van der Waals surface area contributed by atoms with Crippen LogP contribution in [-0.4, -0.2) is 6.54 Å². The molecule has 1 aliphatic rings. The third-order valence-electron chi connectivity index (χ3n) is 2.52. The first-order valence-corrected chi connectivity index (χ1v) is 5.16. The van der Waals surface area contributed by atoms with Crippen LogP contribution in [0.1, 0.15) is 24.1 Å². The van der Waals surface area contributed by atoms with Gasteiger partial charge in [0.25, 0.3) is 0 Å². The van der Waals surface area contributed by atoms with Gasteiger partial charge in [0.1, 0.15) is 0 Å². The predicted octanol–water partition coefficient (Wildman–Crippen LogP) is 3.20. The van der Waals surface area contributed by atoms with Crippen LogP contribution >= 0.6 is 23.2 Å². The number of halogens is 2. The van der Waals surface area contributed by atoms with Gasteiger partial charge in [0.15, 0.2) is 0 Å². The molecule has 1 aromatic carbocycles. The number of nitrogens with one attached hydrogen (secondary N) is 1. The van der Waals surface area contributed by atoms with Crippen molar-refractivity contribution in [3.05, 3.63) is 33.3 Å². The van der Waals surface area contributed by atoms with Crippen LogP contribution < -0.4 is 5.32 Å². The van der Waals surface area contributed by atoms with Crippen LogP contribution in [0.2, 0.25) is 10.0 Å². The molecule has 0 saturated carbocycles. The highest BCUT2D eigenvalue weighted by Crippen LogP contribution is 2.33. The third-order valence-corrected chi connectivity index (χ3v) is 3.37. The lowest BCUT2D eigenvalue weighted by molar-refractivity contribution is 0.541. The largest absolute Gasteiger partial charge is 0.310 e. The highest BCUT2D eigenvalue weighted by Gasteiger charge is 2.18. The maximum atomic E-state index is 6.12. The van der Waals surface area contributed by atoms with Crippen LogP contribution in [-0.2, 0) is 6.42 Å². The monoisotopic (exact) mass is 215 g/mol. The molecule has 0 aliphatic carbocycles. The van der Waals surface area contributed by atoms with Gasteiger partial charge in [-0.25, -0.2) is 0 Å². The molecule has 1 N–H and O–H groups in total. The Kier molecular flexibility index (Phi) is 2.50. The lowest BCUT2D eigenvalue weighted by atomic mass is 9.95. The van der Waals surface area contributed by atoms with Crippen molar-refractivity contribution in [2.24, 2.45) is 0 Å². The van der Waals surface area contributed by atoms with Crippen molar-refractivity contribution < 1.29 is 0 Å². The summed E-state index contributed by atoms with van der Waals surface area (Å²) in [5.74, 6) is 0. The van der Waals surface area contributed by atoms with Gasteiger partial charge in [-0.3, -0.25) is 0 Å². The molecule has 0 saturated heterocycles. The van der Waals surface area contributed by atoms with E-state index in [1.165, 1.54) is 11.1 Å². The van der Waals surface area contributed by atoms with Gasteiger partial charge < -0.3 is 5.32 Å². The fraction of sp³-hybridized carbons (Fsp3) is 0.400. The van der Waals surface area contributed by atoms with Gasteiger partial charge in [-0.1, -0.05) is 29.3 Å². The molecular weight excluding hydrogens is 205 g/mol. The maximum Gasteiger partial charge on any atom is 0.0628 e. The first kappa shape index (κ1) is 9.32. The van der Waals surface area contributed by atoms with Gasteiger partial charge in [0, 0.05) is 6.04 Å². The van der Waals surface area contributed by atoms with Crippen molar-refractivity contribution in [1.82, 2.24) is 5.32 Å². The molecule has 0 fully saturated rings. The highest BCUT2D eigenvalue weighted by molar-refractivity contribution is 6.42. The molecule has 3 heteroatoms. The Morgan fingerprint density at radius 2 is 2.15 bits per heavy atom. The second-order valence-electron chi connectivity index (χ2n) is 3.35. The average molecular weight is 216 g/mol. The van der Waals surface area contributed by atoms with E-state index in [9.17, 15) is 0 Å². The minimum absolute atomic E-state index is 0.388. The van der Waals surface area contributed by atoms with Crippen molar-refractivity contribution in [1.29, 1.82) is 0 Å². The Bertz CT molecular complexity index is 336. The molecule has 1 aromatic rings. The second-order valence-corrected chi connectivity index (χ2v) is 4.14. The molecule has 13 heavy (non-hydrogen) atoms. The molecular formula is C10H11Cl2N. The SMILES string of the molecule is C[C@H]1NCCc2c1ccc(Cl)c2Cl. The number of fused-ring (bicyclic) bond motifs is 1. The highest BCUT2D eigenvalue weighted by atomic mass is 35.5. The summed E-state index contributed by atoms with van der Waals surface area (Å²) >= 11 is 12.1. The molecule has 1 atom stereocenters. The first-order valence-electron chi connectivity index (χ1n) is 4.40. The Morgan fingerprint density at radius 3 is 2.92 bits per heavy atom. The van der Waals surface area contributed by atoms with Crippen LogP contribution in [0.5, 0.6) is 0 Å². The zero-order valence-electron chi connectivity index (χ0n) is 7.40. The van der Waals surface area contributed by atoms with E-state index >= 15 is 0 Å². The van der Waals surface area contributed by atoms with Gasteiger partial charge in [0.2, 0.25) is 0 Å². The molecule has 0 unspecified atom stereocenters. The zero-order valence-corrected chi connectivity index (χ0v) is 8.91. The molecule has 1 aliphatic heterocycles. The lowest BCUT2D eigenvalue weighted by Gasteiger charge is -2.24. The molecule has 0 bridgehead atoms. The van der Waals surface area contributed by atoms with Crippen molar-refractivity contribution in [2.45, 2.75) is 19.4 Å². The minimum Gasteiger partial charge on any atom is -0.310 e. The van der Waals surface area contributed by atoms with Crippen LogP contribution in [0.4, 0.5) is 0 Å². The molecule has 2 rings (SSSR count). The van der Waals surface area contributed by atoms with Crippen molar-refractivity contribution in [3.63, 3.8) is 0 Å². The van der Waals surface area contributed by atoms with E-state index in [1.807, 2.05) is 6.07 Å². The average Bonchev–Trinajstić information content (AvgIpc) is 2.12. The molecule has 1 heterocycles. The minimum atomic E-state index is 0.388. The fourth-order valence-corrected chi connectivity index (χ4v) is 2.23. The van der Waals surface area contributed by atoms with Crippen LogP contribution in [0.15, 0.2) is 12.1 Å². The number of rotatable bonds is 0. The van der Waals surface area contributed by atoms with E-state index in [2.05, 4.69) is 18.3 Å². The van der Waals surface area contributed by atoms with E-state index in [0.29, 0.717) is 11.1 Å². The normalized spacial score (nSPS) is 21.3. The Hall–Kier alpha value is -0.240. The molecule has 0 aromatic heterocycles. The summed E-state index contributed by atoms with van der Waals surface area (Å²) in [6.45, 7) is 3.12. The van der Waals surface area contributed by atoms with Crippen LogP contribution in [0.25, 0.3) is 0 Å². The van der Waals surface area contributed by atoms with E-state index < -0.39 is 0 Å². The summed E-state index contributed by atoms with van der Waals surface area (Å²) in [4.78, 5) is 0. The second kappa shape index (κ2) is 3.49. The molecule has 0 spiro atoms. The molecule has 0 amide bonds. The van der Waals surface area contributed by atoms with Crippen molar-refractivity contribution >= 4 is 23.2 Å². The van der Waals surface area contributed by atoms with Crippen LogP contribution in [0.3, 0.4) is 0 Å². The van der Waals surface area contributed by atoms with Gasteiger partial charge in [-0.05, 0) is 37.1 Å². The number of benzene rings is 1. The van der Waals surface area contributed by atoms with E-state index in [1.54, 1.807) is 0 Å². The molecule has 1 nitrogen and oxygen atoms in total. The summed E-state index contributed by atoms with van der Waals surface area (Å²) in [5, 5.41) is 4.77. The zero-order chi connectivity index (χ0) is 9.42. The van der Waals surface area contributed by atoms with E-state index in [0.717, 1.165) is 18.0 Å². The predicted molar refractivity (Wildman–Crippen MR) is 56.6 cm³/mol. The van der Waals surface area contributed by atoms with Crippen molar-refractivity contribution in [3.8, 4) is 0 Å². The van der Waals surface area contributed by atoms with Gasteiger partial charge in [-0.2, -0.15) is 0 Å². The smallest absolute Gasteiger partial charge is 0.0628 e. The summed E-state index contributed by atoms with van der Waals surface area (Å²) in [6, 6.07) is 4.31. The van der Waals surface area contributed by atoms with Gasteiger partial charge >= 0.3 is 0 Å². The first-order chi connectivity index (χ1) is 6.20. The lowest BCUT2D eigenvalue weighted by Crippen LogP contribution is -2.27. The topological polar surface area (TPSA) is 12.0 Å². The van der Waals surface area contributed by atoms with Crippen LogP contribution in [0, 0.1) is 0 Å². The summed E-state index contributed by atoms with van der Waals surface area (Å²) in [6.07, 6.45) is 0.971. The van der Waals surface area contributed by atoms with Gasteiger partial charge in [-0.15, -0.1) is 0 Å². The summed E-state index contributed by atoms with van der Waals surface area (Å²) in [5.41, 5.74) is 2.49. The standard InChI is InChI=1S/C10H11Cl2N/c1-6-7-2-3-9(11)10(12)8(7)4-5-13-6/h2-3,6,13H,4-5H2,1H3/t6-/m1/s1. The van der Waals surface area contributed by atoms with E-state index in [4.69, 9.17) is 23.2 Å². The third kappa shape index (κ3) is 1.56. The van der Waals surface area contributed by atoms with Crippen molar-refractivity contribution in [2.75, 3.05) is 6.54 Å². The summed E-state index contributed by atoms with van der Waals surface area (Å²) in [7, 11) is 0. The molecule has 70 valence electrons. The Balaban J connectivity index is 2.56. The number of hydrogen-bond donors (Lipinski definition) is 1. The maximum absolute atomic E-state index is 6.12. The number of hydrogen-bond acceptors (Lipinski definition) is 1. The van der Waals surface area contributed by atoms with E-state index in [-0.39, 0.29) is 0 Å². The quantitative estimate of drug-likeness (QED) is 0.702. The van der Waals surface area contributed by atoms with Gasteiger partial charge in [0.05, 0.1) is 10.0 Å². The Labute approximate surface area is 88.0 Å². The molecule has 0 radical (unpaired) electrons. The summed E-state index contributed by atoms with van der Waals surface area (Å²) < 4.78 is 0. The fourth-order valence-electron chi connectivity index (χ4n) is 1.79. The Morgan fingerprint density at radius 1 is 1.38 bits per heavy atom.